The van der Waals surface area contributed by atoms with Crippen molar-refractivity contribution in [1.29, 1.82) is 0 Å². The molecular formula is C15H12Cl2N2O5S. The zero-order valence-corrected chi connectivity index (χ0v) is 14.8. The van der Waals surface area contributed by atoms with Crippen molar-refractivity contribution < 1.29 is 23.9 Å². The molecule has 3 aromatic rings. The molecule has 3 N–H and O–H groups in total. The molecule has 0 saturated heterocycles. The molecule has 0 spiro atoms. The predicted molar refractivity (Wildman–Crippen MR) is 93.0 cm³/mol. The average molecular weight is 403 g/mol. The number of aromatic nitrogens is 1. The van der Waals surface area contributed by atoms with E-state index in [1.54, 1.807) is 12.1 Å². The van der Waals surface area contributed by atoms with Gasteiger partial charge in [0.2, 0.25) is 0 Å². The molecule has 0 aliphatic carbocycles. The Kier molecular flexibility index (Phi) is 4.67. The maximum absolute atomic E-state index is 13.0. The number of fused-ring (bicyclic) bond motifs is 1. The second-order valence-electron chi connectivity index (χ2n) is 5.18. The Labute approximate surface area is 152 Å². The van der Waals surface area contributed by atoms with Gasteiger partial charge in [0, 0.05) is 22.2 Å². The highest BCUT2D eigenvalue weighted by atomic mass is 35.5. The van der Waals surface area contributed by atoms with Crippen molar-refractivity contribution in [2.45, 2.75) is 11.5 Å². The lowest BCUT2D eigenvalue weighted by Gasteiger charge is -2.13. The molecule has 0 radical (unpaired) electrons. The minimum atomic E-state index is -4.10. The second kappa shape index (κ2) is 6.49. The fourth-order valence-electron chi connectivity index (χ4n) is 2.48. The van der Waals surface area contributed by atoms with Gasteiger partial charge in [0.05, 0.1) is 22.0 Å². The summed E-state index contributed by atoms with van der Waals surface area (Å²) in [5, 5.41) is 28.4. The summed E-state index contributed by atoms with van der Waals surface area (Å²) in [5.41, 5.74) is 0.410. The summed E-state index contributed by atoms with van der Waals surface area (Å²) in [7, 11) is -4.10. The monoisotopic (exact) mass is 402 g/mol. The Hall–Kier alpha value is -1.81. The Bertz CT molecular complexity index is 1060. The highest BCUT2D eigenvalue weighted by Gasteiger charge is 2.23. The number of hydrogen-bond donors (Lipinski definition) is 3. The third-order valence-corrected chi connectivity index (χ3v) is 5.90. The first-order valence-electron chi connectivity index (χ1n) is 6.89. The summed E-state index contributed by atoms with van der Waals surface area (Å²) in [4.78, 5) is -0.221. The number of benzene rings is 2. The first-order chi connectivity index (χ1) is 11.8. The van der Waals surface area contributed by atoms with E-state index in [1.807, 2.05) is 0 Å². The fourth-order valence-corrected chi connectivity index (χ4v) is 4.25. The molecule has 25 heavy (non-hydrogen) atoms. The quantitative estimate of drug-likeness (QED) is 0.578. The predicted octanol–water partition coefficient (Wildman–Crippen LogP) is 3.26. The number of aliphatic hydroxyl groups is 1. The van der Waals surface area contributed by atoms with E-state index in [0.29, 0.717) is 16.0 Å². The molecule has 0 unspecified atom stereocenters. The van der Waals surface area contributed by atoms with Gasteiger partial charge in [0.15, 0.2) is 0 Å². The molecule has 0 aliphatic heterocycles. The highest BCUT2D eigenvalue weighted by molar-refractivity contribution is 7.90. The lowest BCUT2D eigenvalue weighted by Crippen LogP contribution is -2.15. The van der Waals surface area contributed by atoms with Gasteiger partial charge in [-0.15, -0.1) is 5.23 Å². The van der Waals surface area contributed by atoms with Gasteiger partial charge in [0.1, 0.15) is 5.69 Å². The van der Waals surface area contributed by atoms with Crippen LogP contribution in [0.3, 0.4) is 0 Å². The van der Waals surface area contributed by atoms with E-state index in [-0.39, 0.29) is 33.0 Å². The van der Waals surface area contributed by atoms with Crippen molar-refractivity contribution in [1.82, 2.24) is 3.97 Å². The van der Waals surface area contributed by atoms with Crippen LogP contribution in [0.4, 0.5) is 5.69 Å². The molecule has 0 fully saturated rings. The van der Waals surface area contributed by atoms with E-state index in [9.17, 15) is 13.5 Å². The summed E-state index contributed by atoms with van der Waals surface area (Å²) in [6.45, 7) is -0.354. The number of halogens is 2. The molecule has 3 rings (SSSR count). The SMILES string of the molecule is O=S(=O)(c1ccc(Cl)c(N(O)O)c1)n1cc(CO)c2ccc(Cl)cc21. The van der Waals surface area contributed by atoms with E-state index < -0.39 is 10.0 Å². The van der Waals surface area contributed by atoms with Crippen LogP contribution in [-0.4, -0.2) is 27.9 Å². The number of aliphatic hydroxyl groups excluding tert-OH is 1. The minimum absolute atomic E-state index is 0.0413. The summed E-state index contributed by atoms with van der Waals surface area (Å²) < 4.78 is 27.0. The Balaban J connectivity index is 2.27. The molecule has 0 amide bonds. The van der Waals surface area contributed by atoms with E-state index in [2.05, 4.69) is 0 Å². The van der Waals surface area contributed by atoms with Gasteiger partial charge >= 0.3 is 0 Å². The second-order valence-corrected chi connectivity index (χ2v) is 7.84. The van der Waals surface area contributed by atoms with Gasteiger partial charge in [-0.3, -0.25) is 10.4 Å². The fraction of sp³-hybridized carbons (Fsp3) is 0.0667. The van der Waals surface area contributed by atoms with Gasteiger partial charge < -0.3 is 5.11 Å². The molecule has 0 saturated carbocycles. The molecule has 132 valence electrons. The van der Waals surface area contributed by atoms with E-state index >= 15 is 0 Å². The first kappa shape index (κ1) is 18.0. The minimum Gasteiger partial charge on any atom is -0.392 e. The Morgan fingerprint density at radius 2 is 1.80 bits per heavy atom. The van der Waals surface area contributed by atoms with Crippen LogP contribution in [-0.2, 0) is 16.6 Å². The third-order valence-electron chi connectivity index (χ3n) is 3.68. The summed E-state index contributed by atoms with van der Waals surface area (Å²) in [6, 6.07) is 8.16. The lowest BCUT2D eigenvalue weighted by atomic mass is 10.2. The molecular weight excluding hydrogens is 391 g/mol. The van der Waals surface area contributed by atoms with E-state index in [4.69, 9.17) is 33.6 Å². The van der Waals surface area contributed by atoms with Crippen molar-refractivity contribution in [2.24, 2.45) is 0 Å². The lowest BCUT2D eigenvalue weighted by molar-refractivity contribution is 0.0291. The van der Waals surface area contributed by atoms with Crippen LogP contribution in [0, 0.1) is 0 Å². The molecule has 2 aromatic carbocycles. The molecule has 1 aromatic heterocycles. The van der Waals surface area contributed by atoms with Crippen molar-refractivity contribution in [2.75, 3.05) is 5.23 Å². The molecule has 1 heterocycles. The molecule has 7 nitrogen and oxygen atoms in total. The average Bonchev–Trinajstić information content (AvgIpc) is 2.93. The van der Waals surface area contributed by atoms with Gasteiger partial charge in [-0.05, 0) is 30.3 Å². The number of rotatable bonds is 4. The van der Waals surface area contributed by atoms with Gasteiger partial charge in [0.25, 0.3) is 10.0 Å². The Morgan fingerprint density at radius 1 is 1.08 bits per heavy atom. The van der Waals surface area contributed by atoms with Crippen molar-refractivity contribution >= 4 is 49.8 Å². The summed E-state index contributed by atoms with van der Waals surface area (Å²) in [5.74, 6) is 0. The highest BCUT2D eigenvalue weighted by Crippen LogP contribution is 2.31. The summed E-state index contributed by atoms with van der Waals surface area (Å²) in [6.07, 6.45) is 1.29. The van der Waals surface area contributed by atoms with Gasteiger partial charge in [-0.25, -0.2) is 12.4 Å². The van der Waals surface area contributed by atoms with Crippen LogP contribution >= 0.6 is 23.2 Å². The molecule has 0 bridgehead atoms. The van der Waals surface area contributed by atoms with Crippen LogP contribution in [0.15, 0.2) is 47.5 Å². The van der Waals surface area contributed by atoms with Crippen LogP contribution in [0.25, 0.3) is 10.9 Å². The third kappa shape index (κ3) is 3.08. The number of anilines is 1. The normalized spacial score (nSPS) is 11.9. The number of nitrogens with zero attached hydrogens (tertiary/aromatic N) is 2. The standard InChI is InChI=1S/C15H12Cl2N2O5S/c16-10-1-3-12-9(8-20)7-18(14(12)5-10)25(23,24)11-2-4-13(17)15(6-11)19(21)22/h1-7,20-22H,8H2. The molecule has 0 atom stereocenters. The van der Waals surface area contributed by atoms with Crippen molar-refractivity contribution in [3.05, 3.63) is 58.2 Å². The maximum Gasteiger partial charge on any atom is 0.268 e. The Morgan fingerprint density at radius 3 is 2.44 bits per heavy atom. The van der Waals surface area contributed by atoms with E-state index in [0.717, 1.165) is 10.0 Å². The van der Waals surface area contributed by atoms with Gasteiger partial charge in [-0.2, -0.15) is 0 Å². The summed E-state index contributed by atoms with van der Waals surface area (Å²) >= 11 is 11.8. The van der Waals surface area contributed by atoms with Crippen LogP contribution in [0.5, 0.6) is 0 Å². The van der Waals surface area contributed by atoms with Crippen molar-refractivity contribution in [3.8, 4) is 0 Å². The largest absolute Gasteiger partial charge is 0.392 e. The van der Waals surface area contributed by atoms with Crippen LogP contribution in [0.2, 0.25) is 10.0 Å². The zero-order chi connectivity index (χ0) is 18.4. The van der Waals surface area contributed by atoms with Crippen LogP contribution < -0.4 is 5.23 Å². The van der Waals surface area contributed by atoms with Crippen molar-refractivity contribution in [3.63, 3.8) is 0 Å². The molecule has 0 aliphatic rings. The smallest absolute Gasteiger partial charge is 0.268 e. The topological polar surface area (TPSA) is 103 Å². The number of hydrogen-bond acceptors (Lipinski definition) is 6. The van der Waals surface area contributed by atoms with Crippen LogP contribution in [0.1, 0.15) is 5.56 Å². The first-order valence-corrected chi connectivity index (χ1v) is 9.08. The maximum atomic E-state index is 13.0. The molecule has 10 heteroatoms. The van der Waals surface area contributed by atoms with E-state index in [1.165, 1.54) is 24.4 Å². The van der Waals surface area contributed by atoms with Gasteiger partial charge in [-0.1, -0.05) is 29.3 Å². The zero-order valence-electron chi connectivity index (χ0n) is 12.5.